The standard InChI is InChI=1S/C23H25N3O5/c1-28-18-9-7-16(8-10-18)11-12-24-21-14-20(25-23(26-21)30-3)17-5-4-6-19(13-17)31-15-22(27)29-2/h4-10,13-14H,11-12,15H2,1-3H3,(H,24,25,26). The van der Waals surface area contributed by atoms with Crippen LogP contribution in [0.5, 0.6) is 17.5 Å². The van der Waals surface area contributed by atoms with Gasteiger partial charge in [0, 0.05) is 18.2 Å². The average Bonchev–Trinajstić information content (AvgIpc) is 2.83. The van der Waals surface area contributed by atoms with E-state index >= 15 is 0 Å². The van der Waals surface area contributed by atoms with Gasteiger partial charge in [-0.25, -0.2) is 4.79 Å². The van der Waals surface area contributed by atoms with Gasteiger partial charge < -0.3 is 24.3 Å². The number of esters is 1. The first-order valence-electron chi connectivity index (χ1n) is 9.71. The van der Waals surface area contributed by atoms with E-state index in [1.807, 2.05) is 42.5 Å². The average molecular weight is 423 g/mol. The fourth-order valence-electron chi connectivity index (χ4n) is 2.83. The number of carbonyl (C=O) groups is 1. The van der Waals surface area contributed by atoms with Crippen LogP contribution in [0, 0.1) is 0 Å². The molecule has 0 unspecified atom stereocenters. The molecule has 31 heavy (non-hydrogen) atoms. The van der Waals surface area contributed by atoms with Crippen molar-refractivity contribution in [3.05, 3.63) is 60.2 Å². The summed E-state index contributed by atoms with van der Waals surface area (Å²) in [4.78, 5) is 20.1. The maximum atomic E-state index is 11.3. The van der Waals surface area contributed by atoms with Crippen molar-refractivity contribution in [1.82, 2.24) is 9.97 Å². The van der Waals surface area contributed by atoms with Crippen LogP contribution in [0.4, 0.5) is 5.82 Å². The number of nitrogens with one attached hydrogen (secondary N) is 1. The zero-order valence-electron chi connectivity index (χ0n) is 17.8. The Morgan fingerprint density at radius 1 is 0.935 bits per heavy atom. The molecule has 0 aliphatic rings. The van der Waals surface area contributed by atoms with Gasteiger partial charge in [0.25, 0.3) is 0 Å². The second kappa shape index (κ2) is 10.8. The lowest BCUT2D eigenvalue weighted by Crippen LogP contribution is -2.12. The Kier molecular flexibility index (Phi) is 7.64. The summed E-state index contributed by atoms with van der Waals surface area (Å²) in [5.74, 6) is 1.57. The van der Waals surface area contributed by atoms with Crippen LogP contribution < -0.4 is 19.5 Å². The number of anilines is 1. The van der Waals surface area contributed by atoms with E-state index in [1.54, 1.807) is 19.2 Å². The number of hydrogen-bond acceptors (Lipinski definition) is 8. The van der Waals surface area contributed by atoms with Crippen molar-refractivity contribution in [1.29, 1.82) is 0 Å². The van der Waals surface area contributed by atoms with E-state index in [1.165, 1.54) is 19.8 Å². The van der Waals surface area contributed by atoms with Crippen molar-refractivity contribution in [3.8, 4) is 28.8 Å². The second-order valence-corrected chi connectivity index (χ2v) is 6.54. The molecule has 0 spiro atoms. The maximum Gasteiger partial charge on any atom is 0.343 e. The second-order valence-electron chi connectivity index (χ2n) is 6.54. The van der Waals surface area contributed by atoms with Crippen molar-refractivity contribution in [2.24, 2.45) is 0 Å². The minimum atomic E-state index is -0.447. The van der Waals surface area contributed by atoms with Crippen LogP contribution in [0.3, 0.4) is 0 Å². The van der Waals surface area contributed by atoms with Crippen LogP contribution in [0.1, 0.15) is 5.56 Å². The van der Waals surface area contributed by atoms with Crippen molar-refractivity contribution >= 4 is 11.8 Å². The molecule has 1 heterocycles. The maximum absolute atomic E-state index is 11.3. The highest BCUT2D eigenvalue weighted by molar-refractivity contribution is 5.71. The number of aromatic nitrogens is 2. The van der Waals surface area contributed by atoms with E-state index in [9.17, 15) is 4.79 Å². The minimum Gasteiger partial charge on any atom is -0.497 e. The SMILES string of the molecule is COC(=O)COc1cccc(-c2cc(NCCc3ccc(OC)cc3)nc(OC)n2)c1. The summed E-state index contributed by atoms with van der Waals surface area (Å²) in [5, 5.41) is 3.31. The summed E-state index contributed by atoms with van der Waals surface area (Å²) in [6.45, 7) is 0.527. The van der Waals surface area contributed by atoms with Crippen LogP contribution in [-0.4, -0.2) is 50.4 Å². The van der Waals surface area contributed by atoms with Crippen LogP contribution >= 0.6 is 0 Å². The van der Waals surface area contributed by atoms with Crippen molar-refractivity contribution in [2.45, 2.75) is 6.42 Å². The summed E-state index contributed by atoms with van der Waals surface area (Å²) in [6.07, 6.45) is 0.822. The minimum absolute atomic E-state index is 0.161. The van der Waals surface area contributed by atoms with Crippen molar-refractivity contribution in [2.75, 3.05) is 39.8 Å². The topological polar surface area (TPSA) is 91.8 Å². The largest absolute Gasteiger partial charge is 0.497 e. The molecule has 8 heteroatoms. The highest BCUT2D eigenvalue weighted by Crippen LogP contribution is 2.26. The molecule has 3 aromatic rings. The quantitative estimate of drug-likeness (QED) is 0.496. The Balaban J connectivity index is 1.70. The fourth-order valence-corrected chi connectivity index (χ4v) is 2.83. The van der Waals surface area contributed by atoms with Gasteiger partial charge in [-0.15, -0.1) is 0 Å². The van der Waals surface area contributed by atoms with E-state index in [0.29, 0.717) is 23.8 Å². The van der Waals surface area contributed by atoms with E-state index in [0.717, 1.165) is 17.7 Å². The number of carbonyl (C=O) groups excluding carboxylic acids is 1. The molecule has 0 saturated heterocycles. The Bertz CT molecular complexity index is 1010. The van der Waals surface area contributed by atoms with Gasteiger partial charge in [0.2, 0.25) is 0 Å². The number of ether oxygens (including phenoxy) is 4. The molecule has 1 aromatic heterocycles. The number of rotatable bonds is 10. The third kappa shape index (κ3) is 6.33. The third-order valence-corrected chi connectivity index (χ3v) is 4.48. The Morgan fingerprint density at radius 2 is 1.74 bits per heavy atom. The molecule has 1 N–H and O–H groups in total. The first kappa shape index (κ1) is 21.9. The predicted octanol–water partition coefficient (Wildman–Crippen LogP) is 3.37. The molecule has 0 fully saturated rings. The van der Waals surface area contributed by atoms with Gasteiger partial charge in [0.05, 0.1) is 27.0 Å². The summed E-state index contributed by atoms with van der Waals surface area (Å²) in [6, 6.07) is 17.3. The number of nitrogens with zero attached hydrogens (tertiary/aromatic N) is 2. The molecule has 0 saturated carbocycles. The molecule has 2 aromatic carbocycles. The van der Waals surface area contributed by atoms with E-state index in [4.69, 9.17) is 14.2 Å². The Hall–Kier alpha value is -3.81. The van der Waals surface area contributed by atoms with Gasteiger partial charge in [-0.2, -0.15) is 9.97 Å². The van der Waals surface area contributed by atoms with Crippen molar-refractivity contribution < 1.29 is 23.7 Å². The summed E-state index contributed by atoms with van der Waals surface area (Å²) in [5.41, 5.74) is 2.66. The van der Waals surface area contributed by atoms with Gasteiger partial charge in [-0.1, -0.05) is 24.3 Å². The van der Waals surface area contributed by atoms with Crippen molar-refractivity contribution in [3.63, 3.8) is 0 Å². The summed E-state index contributed by atoms with van der Waals surface area (Å²) < 4.78 is 20.5. The van der Waals surface area contributed by atoms with Crippen LogP contribution in [0.2, 0.25) is 0 Å². The molecule has 8 nitrogen and oxygen atoms in total. The third-order valence-electron chi connectivity index (χ3n) is 4.48. The molecule has 0 aliphatic carbocycles. The highest BCUT2D eigenvalue weighted by atomic mass is 16.6. The normalized spacial score (nSPS) is 10.3. The summed E-state index contributed by atoms with van der Waals surface area (Å²) >= 11 is 0. The molecule has 0 aliphatic heterocycles. The van der Waals surface area contributed by atoms with Gasteiger partial charge >= 0.3 is 12.0 Å². The smallest absolute Gasteiger partial charge is 0.343 e. The van der Waals surface area contributed by atoms with Crippen LogP contribution in [0.25, 0.3) is 11.3 Å². The molecular formula is C23H25N3O5. The lowest BCUT2D eigenvalue weighted by atomic mass is 10.1. The first-order valence-corrected chi connectivity index (χ1v) is 9.71. The Morgan fingerprint density at radius 3 is 2.45 bits per heavy atom. The molecule has 0 atom stereocenters. The van der Waals surface area contributed by atoms with Gasteiger partial charge in [0.1, 0.15) is 17.3 Å². The zero-order valence-corrected chi connectivity index (χ0v) is 17.8. The van der Waals surface area contributed by atoms with Gasteiger partial charge in [-0.3, -0.25) is 0 Å². The molecule has 0 radical (unpaired) electrons. The first-order chi connectivity index (χ1) is 15.1. The van der Waals surface area contributed by atoms with Gasteiger partial charge in [0.15, 0.2) is 6.61 Å². The molecule has 3 rings (SSSR count). The van der Waals surface area contributed by atoms with Gasteiger partial charge in [-0.05, 0) is 36.2 Å². The Labute approximate surface area is 181 Å². The molecular weight excluding hydrogens is 398 g/mol. The summed E-state index contributed by atoms with van der Waals surface area (Å²) in [7, 11) is 4.49. The van der Waals surface area contributed by atoms with E-state index in [2.05, 4.69) is 20.0 Å². The fraction of sp³-hybridized carbons (Fsp3) is 0.261. The van der Waals surface area contributed by atoms with E-state index < -0.39 is 5.97 Å². The highest BCUT2D eigenvalue weighted by Gasteiger charge is 2.09. The number of hydrogen-bond donors (Lipinski definition) is 1. The number of benzene rings is 2. The molecule has 162 valence electrons. The van der Waals surface area contributed by atoms with Crippen LogP contribution in [-0.2, 0) is 16.0 Å². The lowest BCUT2D eigenvalue weighted by Gasteiger charge is -2.11. The molecule has 0 bridgehead atoms. The molecule has 0 amide bonds. The zero-order chi connectivity index (χ0) is 22.1. The monoisotopic (exact) mass is 423 g/mol. The predicted molar refractivity (Wildman–Crippen MR) is 117 cm³/mol. The number of methoxy groups -OCH3 is 3. The van der Waals surface area contributed by atoms with Crippen LogP contribution in [0.15, 0.2) is 54.6 Å². The lowest BCUT2D eigenvalue weighted by molar-refractivity contribution is -0.142. The van der Waals surface area contributed by atoms with E-state index in [-0.39, 0.29) is 12.6 Å².